The Hall–Kier alpha value is -1.24. The van der Waals surface area contributed by atoms with Crippen LogP contribution in [0.3, 0.4) is 0 Å². The molecule has 6 nitrogen and oxygen atoms in total. The molecule has 4 aliphatic heterocycles. The largest absolute Gasteiger partial charge is 0.458 e. The van der Waals surface area contributed by atoms with Crippen LogP contribution in [-0.4, -0.2) is 53.5 Å². The van der Waals surface area contributed by atoms with Gasteiger partial charge >= 0.3 is 5.97 Å². The molecule has 0 N–H and O–H groups in total. The van der Waals surface area contributed by atoms with Gasteiger partial charge in [-0.25, -0.2) is 4.79 Å². The molecule has 144 valence electrons. The summed E-state index contributed by atoms with van der Waals surface area (Å²) in [5.74, 6) is 0.0475. The average Bonchev–Trinajstić information content (AvgIpc) is 3.49. The number of ether oxygens (including phenoxy) is 4. The van der Waals surface area contributed by atoms with Crippen LogP contribution in [0.4, 0.5) is 0 Å². The van der Waals surface area contributed by atoms with E-state index >= 15 is 0 Å². The van der Waals surface area contributed by atoms with Crippen LogP contribution >= 0.6 is 0 Å². The van der Waals surface area contributed by atoms with Gasteiger partial charge in [0.1, 0.15) is 24.4 Å². The van der Waals surface area contributed by atoms with E-state index in [9.17, 15) is 9.59 Å². The second-order valence-electron chi connectivity index (χ2n) is 10.3. The number of ketones is 1. The number of carbonyl (C=O) groups excluding carboxylic acids is 2. The smallest absolute Gasteiger partial charge is 0.334 e. The van der Waals surface area contributed by atoms with Crippen molar-refractivity contribution in [1.82, 2.24) is 0 Å². The van der Waals surface area contributed by atoms with E-state index in [1.807, 2.05) is 0 Å². The number of Topliss-reactive ketones (excluding diaryl/α,β-unsaturated/α-hetero) is 1. The van der Waals surface area contributed by atoms with Crippen molar-refractivity contribution in [3.8, 4) is 0 Å². The first kappa shape index (κ1) is 15.7. The molecule has 5 fully saturated rings. The molecule has 6 heteroatoms. The summed E-state index contributed by atoms with van der Waals surface area (Å²) in [4.78, 5) is 25.9. The number of hydrogen-bond donors (Lipinski definition) is 0. The van der Waals surface area contributed by atoms with Gasteiger partial charge in [0.2, 0.25) is 5.78 Å². The normalized spacial score (nSPS) is 61.3. The van der Waals surface area contributed by atoms with Crippen molar-refractivity contribution < 1.29 is 28.5 Å². The third-order valence-electron chi connectivity index (χ3n) is 9.58. The molecule has 0 radical (unpaired) electrons. The molecule has 7 rings (SSSR count). The summed E-state index contributed by atoms with van der Waals surface area (Å²) >= 11 is 0. The Labute approximate surface area is 157 Å². The van der Waals surface area contributed by atoms with E-state index in [1.165, 1.54) is 0 Å². The minimum atomic E-state index is -0.856. The fourth-order valence-electron chi connectivity index (χ4n) is 7.81. The van der Waals surface area contributed by atoms with Gasteiger partial charge in [-0.05, 0) is 30.8 Å². The summed E-state index contributed by atoms with van der Waals surface area (Å²) in [6.45, 7) is 8.94. The van der Waals surface area contributed by atoms with Crippen LogP contribution in [0.15, 0.2) is 11.1 Å². The lowest BCUT2D eigenvalue weighted by Gasteiger charge is -2.57. The number of hydrogen-bond acceptors (Lipinski definition) is 6. The highest BCUT2D eigenvalue weighted by Gasteiger charge is 3.02. The van der Waals surface area contributed by atoms with E-state index in [0.29, 0.717) is 13.0 Å². The first-order valence-corrected chi connectivity index (χ1v) is 10.2. The number of epoxide rings is 3. The third-order valence-corrected chi connectivity index (χ3v) is 9.58. The second-order valence-corrected chi connectivity index (χ2v) is 10.3. The first-order valence-electron chi connectivity index (χ1n) is 10.2. The zero-order chi connectivity index (χ0) is 18.8. The van der Waals surface area contributed by atoms with Gasteiger partial charge in [0.25, 0.3) is 0 Å². The van der Waals surface area contributed by atoms with Crippen molar-refractivity contribution in [3.63, 3.8) is 0 Å². The molecule has 3 saturated heterocycles. The predicted molar refractivity (Wildman–Crippen MR) is 90.7 cm³/mol. The molecule has 3 aliphatic carbocycles. The molecular weight excluding hydrogens is 348 g/mol. The summed E-state index contributed by atoms with van der Waals surface area (Å²) in [5.41, 5.74) is -0.802. The van der Waals surface area contributed by atoms with E-state index in [1.54, 1.807) is 0 Å². The summed E-state index contributed by atoms with van der Waals surface area (Å²) in [6, 6.07) is 0. The maximum absolute atomic E-state index is 13.7. The Bertz CT molecular complexity index is 906. The monoisotopic (exact) mass is 372 g/mol. The quantitative estimate of drug-likeness (QED) is 0.515. The molecular formula is C21H24O6. The van der Waals surface area contributed by atoms with Crippen molar-refractivity contribution in [2.45, 2.75) is 82.1 Å². The molecule has 27 heavy (non-hydrogen) atoms. The number of carbonyl (C=O) groups is 2. The Morgan fingerprint density at radius 1 is 1.07 bits per heavy atom. The van der Waals surface area contributed by atoms with Crippen molar-refractivity contribution in [2.24, 2.45) is 16.7 Å². The molecule has 0 aromatic carbocycles. The lowest BCUT2D eigenvalue weighted by molar-refractivity contribution is -0.143. The van der Waals surface area contributed by atoms with Gasteiger partial charge in [-0.15, -0.1) is 0 Å². The second kappa shape index (κ2) is 3.79. The maximum Gasteiger partial charge on any atom is 0.334 e. The maximum atomic E-state index is 13.7. The van der Waals surface area contributed by atoms with Crippen molar-refractivity contribution in [3.05, 3.63) is 11.1 Å². The van der Waals surface area contributed by atoms with Gasteiger partial charge in [-0.1, -0.05) is 27.7 Å². The van der Waals surface area contributed by atoms with Crippen LogP contribution in [0.1, 0.15) is 47.0 Å². The Kier molecular flexibility index (Phi) is 2.20. The van der Waals surface area contributed by atoms with E-state index in [0.717, 1.165) is 24.0 Å². The molecule has 0 unspecified atom stereocenters. The highest BCUT2D eigenvalue weighted by atomic mass is 16.7. The zero-order valence-corrected chi connectivity index (χ0v) is 16.1. The fraction of sp³-hybridized carbons (Fsp3) is 0.810. The summed E-state index contributed by atoms with van der Waals surface area (Å²) < 4.78 is 24.3. The third kappa shape index (κ3) is 1.17. The lowest BCUT2D eigenvalue weighted by atomic mass is 9.41. The molecule has 2 saturated carbocycles. The highest BCUT2D eigenvalue weighted by molar-refractivity contribution is 6.05. The van der Waals surface area contributed by atoms with Crippen LogP contribution in [0.5, 0.6) is 0 Å². The molecule has 0 amide bonds. The summed E-state index contributed by atoms with van der Waals surface area (Å²) in [5, 5.41) is 0. The van der Waals surface area contributed by atoms with Gasteiger partial charge in [0.05, 0.1) is 6.10 Å². The van der Waals surface area contributed by atoms with Crippen molar-refractivity contribution in [1.29, 1.82) is 0 Å². The molecule has 0 aromatic heterocycles. The standard InChI is InChI=1S/C21H24O6/c1-9(2)19-13(26-19)14-21(27-14)18(4)6-5-10-11(8-24-15(10)22)17(18,3)7-12-20(21,25-12)16(19)23/h9,12-14H,5-8H2,1-4H3/t12-,13-,14-,17-,18-,19-,20+,21+/m0/s1. The molecule has 0 aromatic rings. The SMILES string of the molecule is CC(C)[C@]12O[C@H]1[C@@H]1O[C@@]13[C@@]1(C)CCC4=C(COC4=O)[C@]1(C)C[C@@H]1O[C@@]13C2=O. The van der Waals surface area contributed by atoms with E-state index < -0.39 is 16.8 Å². The predicted octanol–water partition coefficient (Wildman–Crippen LogP) is 1.70. The average molecular weight is 372 g/mol. The van der Waals surface area contributed by atoms with Crippen LogP contribution in [-0.2, 0) is 28.5 Å². The molecule has 7 aliphatic rings. The number of fused-ring (bicyclic) bond motifs is 4. The first-order chi connectivity index (χ1) is 12.7. The number of cyclic esters (lactones) is 1. The summed E-state index contributed by atoms with van der Waals surface area (Å²) in [6.07, 6.45) is 1.83. The zero-order valence-electron chi connectivity index (χ0n) is 16.1. The van der Waals surface area contributed by atoms with Gasteiger partial charge in [-0.3, -0.25) is 4.79 Å². The van der Waals surface area contributed by atoms with Crippen molar-refractivity contribution in [2.75, 3.05) is 6.61 Å². The van der Waals surface area contributed by atoms with E-state index in [4.69, 9.17) is 18.9 Å². The van der Waals surface area contributed by atoms with Crippen LogP contribution in [0.2, 0.25) is 0 Å². The Balaban J connectivity index is 1.43. The van der Waals surface area contributed by atoms with E-state index in [-0.39, 0.29) is 46.8 Å². The minimum Gasteiger partial charge on any atom is -0.458 e. The fourth-order valence-corrected chi connectivity index (χ4v) is 7.81. The molecule has 0 bridgehead atoms. The number of rotatable bonds is 1. The van der Waals surface area contributed by atoms with Crippen LogP contribution in [0, 0.1) is 16.7 Å². The molecule has 2 spiro atoms. The summed E-state index contributed by atoms with van der Waals surface area (Å²) in [7, 11) is 0. The van der Waals surface area contributed by atoms with Crippen molar-refractivity contribution >= 4 is 11.8 Å². The van der Waals surface area contributed by atoms with Gasteiger partial charge in [0.15, 0.2) is 11.2 Å². The van der Waals surface area contributed by atoms with Crippen LogP contribution in [0.25, 0.3) is 0 Å². The minimum absolute atomic E-state index is 0.0904. The Morgan fingerprint density at radius 2 is 1.85 bits per heavy atom. The highest BCUT2D eigenvalue weighted by Crippen LogP contribution is 2.84. The number of esters is 1. The van der Waals surface area contributed by atoms with Gasteiger partial charge < -0.3 is 18.9 Å². The molecule has 4 heterocycles. The van der Waals surface area contributed by atoms with Gasteiger partial charge in [0, 0.05) is 16.4 Å². The van der Waals surface area contributed by atoms with Gasteiger partial charge in [-0.2, -0.15) is 0 Å². The van der Waals surface area contributed by atoms with Crippen LogP contribution < -0.4 is 0 Å². The van der Waals surface area contributed by atoms with E-state index in [2.05, 4.69) is 27.7 Å². The lowest BCUT2D eigenvalue weighted by Crippen LogP contribution is -2.70. The Morgan fingerprint density at radius 3 is 2.59 bits per heavy atom. The molecule has 8 atom stereocenters. The topological polar surface area (TPSA) is 81.0 Å².